The van der Waals surface area contributed by atoms with Crippen molar-refractivity contribution < 1.29 is 9.50 Å². The van der Waals surface area contributed by atoms with Crippen molar-refractivity contribution in [3.8, 4) is 0 Å². The first-order valence-electron chi connectivity index (χ1n) is 7.51. The number of nitrogens with zero attached hydrogens (tertiary/aromatic N) is 3. The molecule has 1 N–H and O–H groups in total. The molecule has 1 fully saturated rings. The zero-order valence-corrected chi connectivity index (χ0v) is 12.7. The van der Waals surface area contributed by atoms with Crippen LogP contribution in [0.3, 0.4) is 0 Å². The summed E-state index contributed by atoms with van der Waals surface area (Å²) >= 11 is 0. The Morgan fingerprint density at radius 2 is 1.73 bits per heavy atom. The maximum absolute atomic E-state index is 14.3. The minimum Gasteiger partial charge on any atom is -0.392 e. The number of hydrogen-bond acceptors (Lipinski definition) is 4. The molecule has 3 rings (SSSR count). The molecule has 0 aliphatic carbocycles. The molecule has 0 bridgehead atoms. The number of benzene rings is 1. The molecule has 4 nitrogen and oxygen atoms in total. The Bertz CT molecular complexity index is 654. The number of anilines is 2. The summed E-state index contributed by atoms with van der Waals surface area (Å²) < 4.78 is 14.3. The van der Waals surface area contributed by atoms with Gasteiger partial charge in [0, 0.05) is 37.4 Å². The van der Waals surface area contributed by atoms with E-state index in [-0.39, 0.29) is 12.4 Å². The van der Waals surface area contributed by atoms with E-state index in [1.54, 1.807) is 18.2 Å². The van der Waals surface area contributed by atoms with Gasteiger partial charge in [-0.05, 0) is 25.1 Å². The number of halogens is 1. The van der Waals surface area contributed by atoms with Gasteiger partial charge in [-0.2, -0.15) is 0 Å². The van der Waals surface area contributed by atoms with Crippen molar-refractivity contribution in [3.05, 3.63) is 53.5 Å². The van der Waals surface area contributed by atoms with Crippen molar-refractivity contribution in [3.63, 3.8) is 0 Å². The lowest BCUT2D eigenvalue weighted by atomic mass is 10.1. The zero-order valence-electron chi connectivity index (χ0n) is 12.7. The fourth-order valence-electron chi connectivity index (χ4n) is 2.81. The number of aromatic nitrogens is 1. The predicted octanol–water partition coefficient (Wildman–Crippen LogP) is 2.35. The molecule has 1 saturated heterocycles. The van der Waals surface area contributed by atoms with Crippen LogP contribution in [-0.2, 0) is 6.61 Å². The zero-order chi connectivity index (χ0) is 15.5. The molecule has 0 amide bonds. The molecule has 22 heavy (non-hydrogen) atoms. The van der Waals surface area contributed by atoms with Crippen LogP contribution in [0.2, 0.25) is 0 Å². The molecule has 1 aliphatic heterocycles. The number of pyridine rings is 1. The number of piperazine rings is 1. The molecular formula is C17H20FN3O. The van der Waals surface area contributed by atoms with Crippen LogP contribution < -0.4 is 9.80 Å². The summed E-state index contributed by atoms with van der Waals surface area (Å²) in [7, 11) is 0. The summed E-state index contributed by atoms with van der Waals surface area (Å²) in [6, 6.07) is 11.2. The summed E-state index contributed by atoms with van der Waals surface area (Å²) in [6.07, 6.45) is 0. The molecule has 0 saturated carbocycles. The number of rotatable bonds is 3. The molecule has 0 spiro atoms. The van der Waals surface area contributed by atoms with Gasteiger partial charge in [-0.15, -0.1) is 0 Å². The quantitative estimate of drug-likeness (QED) is 0.944. The second-order valence-corrected chi connectivity index (χ2v) is 5.52. The highest BCUT2D eigenvalue weighted by Crippen LogP contribution is 2.24. The average molecular weight is 301 g/mol. The third-order valence-corrected chi connectivity index (χ3v) is 4.05. The van der Waals surface area contributed by atoms with Crippen LogP contribution in [0, 0.1) is 12.7 Å². The first-order chi connectivity index (χ1) is 10.7. The summed E-state index contributed by atoms with van der Waals surface area (Å²) in [4.78, 5) is 8.79. The minimum atomic E-state index is -0.313. The summed E-state index contributed by atoms with van der Waals surface area (Å²) in [5.74, 6) is 0.663. The van der Waals surface area contributed by atoms with Gasteiger partial charge in [0.25, 0.3) is 0 Å². The van der Waals surface area contributed by atoms with Gasteiger partial charge in [0.2, 0.25) is 0 Å². The Kier molecular flexibility index (Phi) is 4.24. The predicted molar refractivity (Wildman–Crippen MR) is 85.7 cm³/mol. The third kappa shape index (κ3) is 2.90. The maximum atomic E-state index is 14.3. The Labute approximate surface area is 129 Å². The molecule has 5 heteroatoms. The lowest BCUT2D eigenvalue weighted by molar-refractivity contribution is 0.276. The Morgan fingerprint density at radius 1 is 1.05 bits per heavy atom. The van der Waals surface area contributed by atoms with Gasteiger partial charge in [0.1, 0.15) is 5.82 Å². The van der Waals surface area contributed by atoms with Crippen LogP contribution in [-0.4, -0.2) is 36.3 Å². The topological polar surface area (TPSA) is 39.6 Å². The normalized spacial score (nSPS) is 15.2. The largest absolute Gasteiger partial charge is 0.392 e. The van der Waals surface area contributed by atoms with E-state index >= 15 is 0 Å². The Morgan fingerprint density at radius 3 is 2.41 bits per heavy atom. The molecule has 1 aromatic heterocycles. The third-order valence-electron chi connectivity index (χ3n) is 4.05. The fraction of sp³-hybridized carbons (Fsp3) is 0.353. The second-order valence-electron chi connectivity index (χ2n) is 5.52. The van der Waals surface area contributed by atoms with E-state index < -0.39 is 0 Å². The van der Waals surface area contributed by atoms with E-state index in [1.807, 2.05) is 30.0 Å². The molecule has 1 aliphatic rings. The highest BCUT2D eigenvalue weighted by Gasteiger charge is 2.21. The van der Waals surface area contributed by atoms with Crippen molar-refractivity contribution in [2.45, 2.75) is 13.5 Å². The van der Waals surface area contributed by atoms with Crippen LogP contribution >= 0.6 is 0 Å². The van der Waals surface area contributed by atoms with Crippen LogP contribution in [0.25, 0.3) is 0 Å². The fourth-order valence-corrected chi connectivity index (χ4v) is 2.81. The van der Waals surface area contributed by atoms with Crippen molar-refractivity contribution >= 4 is 11.5 Å². The van der Waals surface area contributed by atoms with Gasteiger partial charge in [0.15, 0.2) is 5.82 Å². The van der Waals surface area contributed by atoms with Gasteiger partial charge in [-0.3, -0.25) is 0 Å². The number of hydrogen-bond donors (Lipinski definition) is 1. The van der Waals surface area contributed by atoms with E-state index in [0.717, 1.165) is 37.7 Å². The van der Waals surface area contributed by atoms with Crippen LogP contribution in [0.5, 0.6) is 0 Å². The first kappa shape index (κ1) is 14.8. The average Bonchev–Trinajstić information content (AvgIpc) is 2.55. The Hall–Kier alpha value is -2.14. The standard InChI is InChI=1S/C17H20FN3O/c1-13-4-2-7-16(19-13)21-10-8-20(9-11-21)15-6-3-5-14(12-22)17(15)18/h2-7,22H,8-12H2,1H3. The molecule has 0 unspecified atom stereocenters. The lowest BCUT2D eigenvalue weighted by Gasteiger charge is -2.37. The van der Waals surface area contributed by atoms with Gasteiger partial charge < -0.3 is 14.9 Å². The van der Waals surface area contributed by atoms with E-state index in [2.05, 4.69) is 9.88 Å². The molecule has 0 atom stereocenters. The van der Waals surface area contributed by atoms with Crippen molar-refractivity contribution in [2.75, 3.05) is 36.0 Å². The number of aryl methyl sites for hydroxylation is 1. The van der Waals surface area contributed by atoms with E-state index in [1.165, 1.54) is 0 Å². The SMILES string of the molecule is Cc1cccc(N2CCN(c3cccc(CO)c3F)CC2)n1. The van der Waals surface area contributed by atoms with Gasteiger partial charge >= 0.3 is 0 Å². The number of aliphatic hydroxyl groups is 1. The summed E-state index contributed by atoms with van der Waals surface area (Å²) in [5.41, 5.74) is 1.92. The first-order valence-corrected chi connectivity index (χ1v) is 7.51. The summed E-state index contributed by atoms with van der Waals surface area (Å²) in [6.45, 7) is 4.80. The van der Waals surface area contributed by atoms with E-state index in [0.29, 0.717) is 11.3 Å². The Balaban J connectivity index is 1.72. The summed E-state index contributed by atoms with van der Waals surface area (Å²) in [5, 5.41) is 9.18. The smallest absolute Gasteiger partial charge is 0.151 e. The van der Waals surface area contributed by atoms with Crippen molar-refractivity contribution in [1.29, 1.82) is 0 Å². The maximum Gasteiger partial charge on any atom is 0.151 e. The molecule has 2 heterocycles. The van der Waals surface area contributed by atoms with Crippen molar-refractivity contribution in [2.24, 2.45) is 0 Å². The van der Waals surface area contributed by atoms with E-state index in [9.17, 15) is 9.50 Å². The monoisotopic (exact) mass is 301 g/mol. The van der Waals surface area contributed by atoms with E-state index in [4.69, 9.17) is 0 Å². The van der Waals surface area contributed by atoms with Gasteiger partial charge in [-0.25, -0.2) is 9.37 Å². The molecular weight excluding hydrogens is 281 g/mol. The van der Waals surface area contributed by atoms with Crippen molar-refractivity contribution in [1.82, 2.24) is 4.98 Å². The van der Waals surface area contributed by atoms with Gasteiger partial charge in [0.05, 0.1) is 12.3 Å². The molecule has 116 valence electrons. The second kappa shape index (κ2) is 6.32. The molecule has 0 radical (unpaired) electrons. The highest BCUT2D eigenvalue weighted by molar-refractivity contribution is 5.52. The van der Waals surface area contributed by atoms with Crippen LogP contribution in [0.4, 0.5) is 15.9 Å². The molecule has 1 aromatic carbocycles. The van der Waals surface area contributed by atoms with Crippen LogP contribution in [0.15, 0.2) is 36.4 Å². The number of aliphatic hydroxyl groups excluding tert-OH is 1. The van der Waals surface area contributed by atoms with Gasteiger partial charge in [-0.1, -0.05) is 18.2 Å². The highest BCUT2D eigenvalue weighted by atomic mass is 19.1. The lowest BCUT2D eigenvalue weighted by Crippen LogP contribution is -2.47. The van der Waals surface area contributed by atoms with Crippen LogP contribution in [0.1, 0.15) is 11.3 Å². The minimum absolute atomic E-state index is 0.271. The molecule has 2 aromatic rings.